The Hall–Kier alpha value is -1.85. The molecule has 0 aromatic carbocycles. The number of nitrogens with zero attached hydrogens (tertiary/aromatic N) is 3. The van der Waals surface area contributed by atoms with Crippen LogP contribution in [0.2, 0.25) is 0 Å². The van der Waals surface area contributed by atoms with E-state index in [0.29, 0.717) is 11.6 Å². The van der Waals surface area contributed by atoms with Crippen LogP contribution in [0, 0.1) is 0 Å². The summed E-state index contributed by atoms with van der Waals surface area (Å²) in [7, 11) is 0. The standard InChI is InChI=1S/C10H15N5O/c1-7(16)14-9-2-3-15(6-9)10-12-4-8(11)5-13-10/h4-5,9H,2-3,6,11H2,1H3,(H,14,16). The molecule has 1 fully saturated rings. The predicted octanol–water partition coefficient (Wildman–Crippen LogP) is -0.226. The second-order valence-corrected chi connectivity index (χ2v) is 3.95. The number of aromatic nitrogens is 2. The van der Waals surface area contributed by atoms with Crippen LogP contribution in [0.3, 0.4) is 0 Å². The van der Waals surface area contributed by atoms with Crippen molar-refractivity contribution >= 4 is 17.5 Å². The molecule has 0 spiro atoms. The molecule has 1 aliphatic rings. The molecule has 0 aliphatic carbocycles. The van der Waals surface area contributed by atoms with Gasteiger partial charge in [-0.25, -0.2) is 9.97 Å². The fourth-order valence-electron chi connectivity index (χ4n) is 1.84. The van der Waals surface area contributed by atoms with Crippen LogP contribution in [0.5, 0.6) is 0 Å². The number of nitrogen functional groups attached to an aromatic ring is 1. The summed E-state index contributed by atoms with van der Waals surface area (Å²) in [5.41, 5.74) is 6.07. The molecule has 0 bridgehead atoms. The third-order valence-electron chi connectivity index (χ3n) is 2.54. The van der Waals surface area contributed by atoms with Crippen molar-refractivity contribution in [2.75, 3.05) is 23.7 Å². The number of hydrogen-bond donors (Lipinski definition) is 2. The summed E-state index contributed by atoms with van der Waals surface area (Å²) < 4.78 is 0. The van der Waals surface area contributed by atoms with Crippen molar-refractivity contribution in [2.24, 2.45) is 0 Å². The van der Waals surface area contributed by atoms with Gasteiger partial charge < -0.3 is 16.0 Å². The number of amides is 1. The van der Waals surface area contributed by atoms with E-state index in [4.69, 9.17) is 5.73 Å². The molecule has 2 rings (SSSR count). The van der Waals surface area contributed by atoms with Crippen LogP contribution in [0.25, 0.3) is 0 Å². The summed E-state index contributed by atoms with van der Waals surface area (Å²) in [4.78, 5) is 21.3. The van der Waals surface area contributed by atoms with Gasteiger partial charge in [-0.15, -0.1) is 0 Å². The van der Waals surface area contributed by atoms with Crippen LogP contribution in [0.4, 0.5) is 11.6 Å². The molecule has 6 nitrogen and oxygen atoms in total. The lowest BCUT2D eigenvalue weighted by Gasteiger charge is -2.16. The molecule has 16 heavy (non-hydrogen) atoms. The van der Waals surface area contributed by atoms with Crippen molar-refractivity contribution in [3.63, 3.8) is 0 Å². The first kappa shape index (κ1) is 10.7. The average molecular weight is 221 g/mol. The maximum Gasteiger partial charge on any atom is 0.225 e. The van der Waals surface area contributed by atoms with Crippen LogP contribution in [-0.4, -0.2) is 35.0 Å². The van der Waals surface area contributed by atoms with E-state index in [1.807, 2.05) is 4.90 Å². The van der Waals surface area contributed by atoms with E-state index >= 15 is 0 Å². The predicted molar refractivity (Wildman–Crippen MR) is 60.9 cm³/mol. The van der Waals surface area contributed by atoms with E-state index in [-0.39, 0.29) is 11.9 Å². The Kier molecular flexibility index (Phi) is 2.89. The second-order valence-electron chi connectivity index (χ2n) is 3.95. The smallest absolute Gasteiger partial charge is 0.225 e. The molecule has 0 saturated carbocycles. The molecule has 86 valence electrons. The minimum absolute atomic E-state index is 0.00470. The van der Waals surface area contributed by atoms with Gasteiger partial charge >= 0.3 is 0 Å². The first-order valence-electron chi connectivity index (χ1n) is 5.24. The Balaban J connectivity index is 1.98. The van der Waals surface area contributed by atoms with Crippen LogP contribution < -0.4 is 16.0 Å². The van der Waals surface area contributed by atoms with Gasteiger partial charge in [-0.05, 0) is 6.42 Å². The number of rotatable bonds is 2. The molecule has 3 N–H and O–H groups in total. The van der Waals surface area contributed by atoms with Crippen LogP contribution in [0.15, 0.2) is 12.4 Å². The van der Waals surface area contributed by atoms with E-state index in [1.165, 1.54) is 6.92 Å². The van der Waals surface area contributed by atoms with Gasteiger partial charge in [0.1, 0.15) is 0 Å². The highest BCUT2D eigenvalue weighted by Crippen LogP contribution is 2.15. The van der Waals surface area contributed by atoms with Crippen molar-refractivity contribution in [3.8, 4) is 0 Å². The highest BCUT2D eigenvalue weighted by molar-refractivity contribution is 5.73. The minimum atomic E-state index is 0.00470. The largest absolute Gasteiger partial charge is 0.396 e. The molecule has 6 heteroatoms. The normalized spacial score (nSPS) is 19.8. The van der Waals surface area contributed by atoms with Gasteiger partial charge in [0, 0.05) is 26.1 Å². The van der Waals surface area contributed by atoms with Gasteiger partial charge in [-0.1, -0.05) is 0 Å². The van der Waals surface area contributed by atoms with Gasteiger partial charge in [0.15, 0.2) is 0 Å². The van der Waals surface area contributed by atoms with Gasteiger partial charge in [-0.3, -0.25) is 4.79 Å². The van der Waals surface area contributed by atoms with Gasteiger partial charge in [0.05, 0.1) is 18.1 Å². The number of hydrogen-bond acceptors (Lipinski definition) is 5. The fourth-order valence-corrected chi connectivity index (χ4v) is 1.84. The fraction of sp³-hybridized carbons (Fsp3) is 0.500. The second kappa shape index (κ2) is 4.34. The summed E-state index contributed by atoms with van der Waals surface area (Å²) in [6, 6.07) is 0.193. The molecule has 2 heterocycles. The lowest BCUT2D eigenvalue weighted by Crippen LogP contribution is -2.35. The number of anilines is 2. The Morgan fingerprint density at radius 1 is 1.56 bits per heavy atom. The van der Waals surface area contributed by atoms with Crippen molar-refractivity contribution in [3.05, 3.63) is 12.4 Å². The molecule has 1 amide bonds. The summed E-state index contributed by atoms with van der Waals surface area (Å²) in [5.74, 6) is 0.673. The van der Waals surface area contributed by atoms with Crippen LogP contribution in [-0.2, 0) is 4.79 Å². The number of nitrogens with two attached hydrogens (primary N) is 1. The number of carbonyl (C=O) groups is 1. The van der Waals surface area contributed by atoms with E-state index in [2.05, 4.69) is 15.3 Å². The quantitative estimate of drug-likeness (QED) is 0.721. The zero-order valence-electron chi connectivity index (χ0n) is 9.18. The van der Waals surface area contributed by atoms with Crippen molar-refractivity contribution < 1.29 is 4.79 Å². The number of carbonyl (C=O) groups excluding carboxylic acids is 1. The van der Waals surface area contributed by atoms with E-state index < -0.39 is 0 Å². The van der Waals surface area contributed by atoms with Gasteiger partial charge in [0.25, 0.3) is 0 Å². The highest BCUT2D eigenvalue weighted by atomic mass is 16.1. The molecular formula is C10H15N5O. The molecule has 1 unspecified atom stereocenters. The maximum absolute atomic E-state index is 10.9. The topological polar surface area (TPSA) is 84.1 Å². The van der Waals surface area contributed by atoms with Gasteiger partial charge in [-0.2, -0.15) is 0 Å². The van der Waals surface area contributed by atoms with Crippen molar-refractivity contribution in [1.29, 1.82) is 0 Å². The molecule has 0 radical (unpaired) electrons. The Bertz CT molecular complexity index is 377. The Labute approximate surface area is 93.9 Å². The zero-order chi connectivity index (χ0) is 11.5. The monoisotopic (exact) mass is 221 g/mol. The molecular weight excluding hydrogens is 206 g/mol. The SMILES string of the molecule is CC(=O)NC1CCN(c2ncc(N)cn2)C1. The Morgan fingerprint density at radius 2 is 2.25 bits per heavy atom. The summed E-state index contributed by atoms with van der Waals surface area (Å²) in [6.45, 7) is 3.14. The molecule has 1 aromatic rings. The number of nitrogens with one attached hydrogen (secondary N) is 1. The lowest BCUT2D eigenvalue weighted by atomic mass is 10.3. The molecule has 1 atom stereocenters. The molecule has 1 aromatic heterocycles. The van der Waals surface area contributed by atoms with E-state index in [0.717, 1.165) is 19.5 Å². The summed E-state index contributed by atoms with van der Waals surface area (Å²) in [5, 5.41) is 2.89. The average Bonchev–Trinajstić information content (AvgIpc) is 2.66. The van der Waals surface area contributed by atoms with Crippen LogP contribution in [0.1, 0.15) is 13.3 Å². The van der Waals surface area contributed by atoms with Crippen molar-refractivity contribution in [1.82, 2.24) is 15.3 Å². The third kappa shape index (κ3) is 2.39. The zero-order valence-corrected chi connectivity index (χ0v) is 9.18. The highest BCUT2D eigenvalue weighted by Gasteiger charge is 2.24. The summed E-state index contributed by atoms with van der Waals surface area (Å²) in [6.07, 6.45) is 4.11. The third-order valence-corrected chi connectivity index (χ3v) is 2.54. The van der Waals surface area contributed by atoms with Crippen LogP contribution >= 0.6 is 0 Å². The molecule has 1 saturated heterocycles. The van der Waals surface area contributed by atoms with E-state index in [1.54, 1.807) is 12.4 Å². The Morgan fingerprint density at radius 3 is 2.88 bits per heavy atom. The molecule has 1 aliphatic heterocycles. The summed E-state index contributed by atoms with van der Waals surface area (Å²) >= 11 is 0. The van der Waals surface area contributed by atoms with Crippen molar-refractivity contribution in [2.45, 2.75) is 19.4 Å². The first-order chi connectivity index (χ1) is 7.65. The van der Waals surface area contributed by atoms with Gasteiger partial charge in [0.2, 0.25) is 11.9 Å². The lowest BCUT2D eigenvalue weighted by molar-refractivity contribution is -0.119. The minimum Gasteiger partial charge on any atom is -0.396 e. The first-order valence-corrected chi connectivity index (χ1v) is 5.24. The maximum atomic E-state index is 10.9. The van der Waals surface area contributed by atoms with E-state index in [9.17, 15) is 4.79 Å².